The molecule has 38 heavy (non-hydrogen) atoms. The molecule has 194 valence electrons. The summed E-state index contributed by atoms with van der Waals surface area (Å²) in [7, 11) is 3.06. The van der Waals surface area contributed by atoms with E-state index >= 15 is 0 Å². The van der Waals surface area contributed by atoms with Crippen molar-refractivity contribution >= 4 is 55.8 Å². The maximum absolute atomic E-state index is 13.7. The van der Waals surface area contributed by atoms with Crippen LogP contribution in [0.15, 0.2) is 80.0 Å². The molecule has 0 atom stereocenters. The Balaban J connectivity index is 1.54. The molecular weight excluding hydrogens is 592 g/mol. The number of rotatable bonds is 8. The predicted molar refractivity (Wildman–Crippen MR) is 153 cm³/mol. The van der Waals surface area contributed by atoms with Crippen LogP contribution in [0.2, 0.25) is 5.02 Å². The van der Waals surface area contributed by atoms with E-state index in [0.29, 0.717) is 62.6 Å². The molecule has 11 heteroatoms. The van der Waals surface area contributed by atoms with Crippen LogP contribution in [0.4, 0.5) is 0 Å². The van der Waals surface area contributed by atoms with Gasteiger partial charge in [0, 0.05) is 40.1 Å². The largest absolute Gasteiger partial charge is 0.493 e. The standard InChI is InChI=1S/C27H22BrClN4O4S/c1-36-22-12-20-21(13-23(22)37-2)31-27(32(26(20)35)10-9-16-3-6-18(29)7-4-16)38-15-19-11-25(34)33-14-17(28)5-8-24(33)30-19/h3-8,11-14H,9-10,15H2,1-2H3. The van der Waals surface area contributed by atoms with Gasteiger partial charge in [-0.3, -0.25) is 18.6 Å². The molecule has 2 aromatic carbocycles. The molecule has 0 N–H and O–H groups in total. The number of hydrogen-bond acceptors (Lipinski definition) is 7. The number of halogens is 2. The molecule has 5 aromatic rings. The summed E-state index contributed by atoms with van der Waals surface area (Å²) in [5, 5.41) is 1.60. The van der Waals surface area contributed by atoms with E-state index in [-0.39, 0.29) is 11.1 Å². The molecular formula is C27H22BrClN4O4S. The molecule has 0 saturated heterocycles. The van der Waals surface area contributed by atoms with Gasteiger partial charge in [-0.25, -0.2) is 9.97 Å². The van der Waals surface area contributed by atoms with E-state index < -0.39 is 0 Å². The second-order valence-electron chi connectivity index (χ2n) is 8.40. The maximum Gasteiger partial charge on any atom is 0.262 e. The number of ether oxygens (including phenoxy) is 2. The highest BCUT2D eigenvalue weighted by Crippen LogP contribution is 2.31. The second-order valence-corrected chi connectivity index (χ2v) is 10.7. The van der Waals surface area contributed by atoms with E-state index in [9.17, 15) is 9.59 Å². The highest BCUT2D eigenvalue weighted by atomic mass is 79.9. The van der Waals surface area contributed by atoms with Crippen LogP contribution in [0, 0.1) is 0 Å². The average molecular weight is 614 g/mol. The number of nitrogens with zero attached hydrogens (tertiary/aromatic N) is 4. The molecule has 0 radical (unpaired) electrons. The number of fused-ring (bicyclic) bond motifs is 2. The predicted octanol–water partition coefficient (Wildman–Crippen LogP) is 5.37. The van der Waals surface area contributed by atoms with E-state index in [1.807, 2.05) is 30.3 Å². The van der Waals surface area contributed by atoms with Gasteiger partial charge in [0.2, 0.25) is 0 Å². The van der Waals surface area contributed by atoms with Crippen molar-refractivity contribution in [3.63, 3.8) is 0 Å². The smallest absolute Gasteiger partial charge is 0.262 e. The van der Waals surface area contributed by atoms with Gasteiger partial charge in [-0.2, -0.15) is 0 Å². The first-order chi connectivity index (χ1) is 18.4. The lowest BCUT2D eigenvalue weighted by Gasteiger charge is -2.15. The first-order valence-corrected chi connectivity index (χ1v) is 13.7. The summed E-state index contributed by atoms with van der Waals surface area (Å²) in [6.45, 7) is 0.405. The first-order valence-electron chi connectivity index (χ1n) is 11.6. The molecule has 3 aromatic heterocycles. The van der Waals surface area contributed by atoms with Crippen molar-refractivity contribution in [3.05, 3.63) is 102 Å². The zero-order valence-electron chi connectivity index (χ0n) is 20.5. The average Bonchev–Trinajstić information content (AvgIpc) is 2.92. The Kier molecular flexibility index (Phi) is 7.73. The summed E-state index contributed by atoms with van der Waals surface area (Å²) in [6.07, 6.45) is 2.29. The van der Waals surface area contributed by atoms with Crippen LogP contribution in [-0.4, -0.2) is 33.2 Å². The number of aryl methyl sites for hydroxylation is 1. The Labute approximate surface area is 235 Å². The van der Waals surface area contributed by atoms with Crippen LogP contribution in [-0.2, 0) is 18.7 Å². The zero-order valence-corrected chi connectivity index (χ0v) is 23.6. The quantitative estimate of drug-likeness (QED) is 0.172. The van der Waals surface area contributed by atoms with E-state index in [4.69, 9.17) is 26.1 Å². The molecule has 0 aliphatic carbocycles. The molecule has 8 nitrogen and oxygen atoms in total. The van der Waals surface area contributed by atoms with Gasteiger partial charge < -0.3 is 9.47 Å². The summed E-state index contributed by atoms with van der Waals surface area (Å²) in [4.78, 5) is 35.8. The van der Waals surface area contributed by atoms with Crippen molar-refractivity contribution in [3.8, 4) is 11.5 Å². The third kappa shape index (κ3) is 5.43. The molecule has 0 aliphatic heterocycles. The number of benzene rings is 2. The minimum absolute atomic E-state index is 0.185. The van der Waals surface area contributed by atoms with Crippen LogP contribution in [0.25, 0.3) is 16.6 Å². The Bertz CT molecular complexity index is 1770. The topological polar surface area (TPSA) is 87.7 Å². The highest BCUT2D eigenvalue weighted by molar-refractivity contribution is 9.10. The van der Waals surface area contributed by atoms with Crippen molar-refractivity contribution in [2.45, 2.75) is 23.9 Å². The SMILES string of the molecule is COc1cc2nc(SCc3cc(=O)n4cc(Br)ccc4n3)n(CCc3ccc(Cl)cc3)c(=O)c2cc1OC. The van der Waals surface area contributed by atoms with Crippen LogP contribution >= 0.6 is 39.3 Å². The van der Waals surface area contributed by atoms with E-state index in [1.54, 1.807) is 29.0 Å². The molecule has 5 rings (SSSR count). The molecule has 0 unspecified atom stereocenters. The second kappa shape index (κ2) is 11.2. The Morgan fingerprint density at radius 3 is 2.45 bits per heavy atom. The fraction of sp³-hybridized carbons (Fsp3) is 0.185. The van der Waals surface area contributed by atoms with E-state index in [2.05, 4.69) is 20.9 Å². The monoisotopic (exact) mass is 612 g/mol. The van der Waals surface area contributed by atoms with Crippen molar-refractivity contribution in [2.24, 2.45) is 0 Å². The molecule has 0 amide bonds. The fourth-order valence-corrected chi connectivity index (χ4v) is 5.45. The van der Waals surface area contributed by atoms with Gasteiger partial charge in [-0.1, -0.05) is 35.5 Å². The summed E-state index contributed by atoms with van der Waals surface area (Å²) < 4.78 is 14.7. The fourth-order valence-electron chi connectivity index (χ4n) is 4.07. The van der Waals surface area contributed by atoms with Gasteiger partial charge in [-0.15, -0.1) is 0 Å². The third-order valence-corrected chi connectivity index (χ3v) is 7.72. The summed E-state index contributed by atoms with van der Waals surface area (Å²) in [5.41, 5.74) is 2.29. The van der Waals surface area contributed by atoms with Crippen LogP contribution in [0.3, 0.4) is 0 Å². The molecule has 0 bridgehead atoms. The molecule has 0 fully saturated rings. The molecule has 3 heterocycles. The lowest BCUT2D eigenvalue weighted by Crippen LogP contribution is -2.24. The summed E-state index contributed by atoms with van der Waals surface area (Å²) >= 11 is 10.8. The minimum Gasteiger partial charge on any atom is -0.493 e. The van der Waals surface area contributed by atoms with Gasteiger partial charge in [0.15, 0.2) is 16.7 Å². The number of methoxy groups -OCH3 is 2. The van der Waals surface area contributed by atoms with E-state index in [0.717, 1.165) is 10.0 Å². The third-order valence-electron chi connectivity index (χ3n) is 5.99. The number of hydrogen-bond donors (Lipinski definition) is 0. The van der Waals surface area contributed by atoms with Gasteiger partial charge >= 0.3 is 0 Å². The zero-order chi connectivity index (χ0) is 26.8. The van der Waals surface area contributed by atoms with Crippen LogP contribution in [0.5, 0.6) is 11.5 Å². The number of pyridine rings is 1. The number of aromatic nitrogens is 4. The van der Waals surface area contributed by atoms with Crippen molar-refractivity contribution in [1.29, 1.82) is 0 Å². The lowest BCUT2D eigenvalue weighted by atomic mass is 10.1. The minimum atomic E-state index is -0.191. The lowest BCUT2D eigenvalue weighted by molar-refractivity contribution is 0.355. The molecule has 0 saturated carbocycles. The number of thioether (sulfide) groups is 1. The highest BCUT2D eigenvalue weighted by Gasteiger charge is 2.16. The Hall–Kier alpha value is -3.34. The van der Waals surface area contributed by atoms with Gasteiger partial charge in [-0.05, 0) is 58.2 Å². The van der Waals surface area contributed by atoms with Gasteiger partial charge in [0.05, 0.1) is 30.8 Å². The molecule has 0 spiro atoms. The Morgan fingerprint density at radius 2 is 1.71 bits per heavy atom. The summed E-state index contributed by atoms with van der Waals surface area (Å²) in [6, 6.07) is 16.0. The Morgan fingerprint density at radius 1 is 0.974 bits per heavy atom. The van der Waals surface area contributed by atoms with Crippen molar-refractivity contribution in [1.82, 2.24) is 18.9 Å². The van der Waals surface area contributed by atoms with E-state index in [1.165, 1.54) is 36.4 Å². The van der Waals surface area contributed by atoms with Crippen LogP contribution < -0.4 is 20.6 Å². The maximum atomic E-state index is 13.7. The van der Waals surface area contributed by atoms with Gasteiger partial charge in [0.1, 0.15) is 5.65 Å². The van der Waals surface area contributed by atoms with Gasteiger partial charge in [0.25, 0.3) is 11.1 Å². The summed E-state index contributed by atoms with van der Waals surface area (Å²) in [5.74, 6) is 1.29. The van der Waals surface area contributed by atoms with Crippen molar-refractivity contribution < 1.29 is 9.47 Å². The normalized spacial score (nSPS) is 11.3. The first kappa shape index (κ1) is 26.3. The molecule has 0 aliphatic rings. The van der Waals surface area contributed by atoms with Crippen LogP contribution in [0.1, 0.15) is 11.3 Å². The van der Waals surface area contributed by atoms with Crippen molar-refractivity contribution in [2.75, 3.05) is 14.2 Å².